The molecule has 0 bridgehead atoms. The molecule has 19 heavy (non-hydrogen) atoms. The van der Waals surface area contributed by atoms with Gasteiger partial charge in [-0.15, -0.1) is 0 Å². The highest BCUT2D eigenvalue weighted by Crippen LogP contribution is 2.16. The van der Waals surface area contributed by atoms with Crippen molar-refractivity contribution in [1.29, 1.82) is 0 Å². The molecule has 1 aromatic heterocycles. The van der Waals surface area contributed by atoms with Crippen molar-refractivity contribution in [3.05, 3.63) is 36.4 Å². The zero-order valence-corrected chi connectivity index (χ0v) is 11.2. The van der Waals surface area contributed by atoms with Crippen molar-refractivity contribution in [3.63, 3.8) is 0 Å². The minimum atomic E-state index is 0.736. The van der Waals surface area contributed by atoms with Gasteiger partial charge in [-0.2, -0.15) is 0 Å². The monoisotopic (exact) mass is 256 g/mol. The normalized spacial score (nSPS) is 16.0. The number of hydrogen-bond acceptors (Lipinski definition) is 3. The van der Waals surface area contributed by atoms with Gasteiger partial charge in [-0.25, -0.2) is 4.98 Å². The van der Waals surface area contributed by atoms with Gasteiger partial charge in [0, 0.05) is 18.0 Å². The Balaban J connectivity index is 1.50. The number of rotatable bonds is 5. The fourth-order valence-corrected chi connectivity index (χ4v) is 2.60. The second-order valence-corrected chi connectivity index (χ2v) is 5.09. The molecule has 1 aliphatic rings. The summed E-state index contributed by atoms with van der Waals surface area (Å²) in [7, 11) is 0. The molecular formula is C16H20N2O. The third-order valence-electron chi connectivity index (χ3n) is 3.64. The first-order chi connectivity index (χ1) is 9.42. The van der Waals surface area contributed by atoms with E-state index < -0.39 is 0 Å². The van der Waals surface area contributed by atoms with Gasteiger partial charge in [0.05, 0.1) is 12.1 Å². The van der Waals surface area contributed by atoms with Crippen molar-refractivity contribution in [3.8, 4) is 5.88 Å². The molecule has 0 radical (unpaired) electrons. The van der Waals surface area contributed by atoms with Crippen molar-refractivity contribution in [2.45, 2.75) is 19.3 Å². The van der Waals surface area contributed by atoms with Gasteiger partial charge in [0.25, 0.3) is 0 Å². The lowest BCUT2D eigenvalue weighted by atomic mass is 10.2. The summed E-state index contributed by atoms with van der Waals surface area (Å²) in [5, 5.41) is 1.16. The standard InChI is InChI=1S/C16H20N2O/c1-2-7-15-14(6-1)8-9-16(17-15)19-13-5-12-18-10-3-4-11-18/h1-2,6-9H,3-5,10-13H2. The van der Waals surface area contributed by atoms with Gasteiger partial charge in [0.15, 0.2) is 0 Å². The van der Waals surface area contributed by atoms with Crippen LogP contribution in [0.5, 0.6) is 5.88 Å². The fourth-order valence-electron chi connectivity index (χ4n) is 2.60. The van der Waals surface area contributed by atoms with Crippen LogP contribution >= 0.6 is 0 Å². The van der Waals surface area contributed by atoms with Gasteiger partial charge < -0.3 is 9.64 Å². The third kappa shape index (κ3) is 3.24. The second-order valence-electron chi connectivity index (χ2n) is 5.09. The number of hydrogen-bond donors (Lipinski definition) is 0. The van der Waals surface area contributed by atoms with Crippen LogP contribution < -0.4 is 4.74 Å². The predicted molar refractivity (Wildman–Crippen MR) is 77.5 cm³/mol. The Morgan fingerprint density at radius 3 is 2.79 bits per heavy atom. The number of para-hydroxylation sites is 1. The lowest BCUT2D eigenvalue weighted by Gasteiger charge is -2.14. The summed E-state index contributed by atoms with van der Waals surface area (Å²) >= 11 is 0. The number of fused-ring (bicyclic) bond motifs is 1. The minimum Gasteiger partial charge on any atom is -0.478 e. The van der Waals surface area contributed by atoms with Crippen LogP contribution in [0.4, 0.5) is 0 Å². The number of aromatic nitrogens is 1. The number of likely N-dealkylation sites (tertiary alicyclic amines) is 1. The molecule has 100 valence electrons. The summed E-state index contributed by atoms with van der Waals surface area (Å²) in [4.78, 5) is 7.02. The molecule has 0 spiro atoms. The summed E-state index contributed by atoms with van der Waals surface area (Å²) < 4.78 is 5.74. The smallest absolute Gasteiger partial charge is 0.213 e. The van der Waals surface area contributed by atoms with E-state index in [1.54, 1.807) is 0 Å². The van der Waals surface area contributed by atoms with Crippen molar-refractivity contribution < 1.29 is 4.74 Å². The molecule has 3 nitrogen and oxygen atoms in total. The molecule has 0 atom stereocenters. The number of benzene rings is 1. The van der Waals surface area contributed by atoms with Crippen molar-refractivity contribution in [2.24, 2.45) is 0 Å². The van der Waals surface area contributed by atoms with Crippen LogP contribution in [-0.4, -0.2) is 36.1 Å². The highest BCUT2D eigenvalue weighted by atomic mass is 16.5. The van der Waals surface area contributed by atoms with Gasteiger partial charge in [-0.05, 0) is 44.5 Å². The van der Waals surface area contributed by atoms with Crippen LogP contribution in [0.25, 0.3) is 10.9 Å². The van der Waals surface area contributed by atoms with E-state index in [0.29, 0.717) is 0 Å². The van der Waals surface area contributed by atoms with Gasteiger partial charge in [-0.3, -0.25) is 0 Å². The second kappa shape index (κ2) is 6.02. The third-order valence-corrected chi connectivity index (χ3v) is 3.64. The molecule has 3 heteroatoms. The first-order valence-electron chi connectivity index (χ1n) is 7.13. The Kier molecular flexibility index (Phi) is 3.94. The molecule has 0 amide bonds. The quantitative estimate of drug-likeness (QED) is 0.769. The van der Waals surface area contributed by atoms with Crippen LogP contribution in [-0.2, 0) is 0 Å². The zero-order chi connectivity index (χ0) is 12.9. The molecule has 0 unspecified atom stereocenters. The van der Waals surface area contributed by atoms with Gasteiger partial charge >= 0.3 is 0 Å². The largest absolute Gasteiger partial charge is 0.478 e. The lowest BCUT2D eigenvalue weighted by Crippen LogP contribution is -2.21. The van der Waals surface area contributed by atoms with E-state index in [-0.39, 0.29) is 0 Å². The maximum absolute atomic E-state index is 5.74. The van der Waals surface area contributed by atoms with Crippen molar-refractivity contribution >= 4 is 10.9 Å². The molecule has 1 saturated heterocycles. The Bertz CT molecular complexity index is 535. The fraction of sp³-hybridized carbons (Fsp3) is 0.438. The molecule has 3 rings (SSSR count). The van der Waals surface area contributed by atoms with Crippen LogP contribution in [0.15, 0.2) is 36.4 Å². The molecule has 0 saturated carbocycles. The van der Waals surface area contributed by atoms with Crippen LogP contribution in [0.2, 0.25) is 0 Å². The summed E-state index contributed by atoms with van der Waals surface area (Å²) in [6.45, 7) is 4.41. The van der Waals surface area contributed by atoms with Crippen LogP contribution in [0, 0.1) is 0 Å². The van der Waals surface area contributed by atoms with E-state index in [0.717, 1.165) is 36.4 Å². The average Bonchev–Trinajstić information content (AvgIpc) is 2.97. The Morgan fingerprint density at radius 2 is 1.89 bits per heavy atom. The SMILES string of the molecule is c1ccc2nc(OCCCN3CCCC3)ccc2c1. The van der Waals surface area contributed by atoms with E-state index in [9.17, 15) is 0 Å². The Morgan fingerprint density at radius 1 is 1.05 bits per heavy atom. The topological polar surface area (TPSA) is 25.4 Å². The molecule has 1 aliphatic heterocycles. The summed E-state index contributed by atoms with van der Waals surface area (Å²) in [5.74, 6) is 0.736. The van der Waals surface area contributed by atoms with E-state index in [4.69, 9.17) is 4.74 Å². The molecule has 0 aliphatic carbocycles. The highest BCUT2D eigenvalue weighted by Gasteiger charge is 2.10. The Labute approximate surface area is 114 Å². The van der Waals surface area contributed by atoms with Gasteiger partial charge in [0.1, 0.15) is 0 Å². The van der Waals surface area contributed by atoms with Crippen LogP contribution in [0.1, 0.15) is 19.3 Å². The lowest BCUT2D eigenvalue weighted by molar-refractivity contribution is 0.257. The zero-order valence-electron chi connectivity index (χ0n) is 11.2. The predicted octanol–water partition coefficient (Wildman–Crippen LogP) is 3.10. The van der Waals surface area contributed by atoms with E-state index in [1.165, 1.54) is 25.9 Å². The first kappa shape index (κ1) is 12.4. The molecule has 2 aromatic rings. The van der Waals surface area contributed by atoms with Crippen molar-refractivity contribution in [2.75, 3.05) is 26.2 Å². The minimum absolute atomic E-state index is 0.736. The Hall–Kier alpha value is -1.61. The van der Waals surface area contributed by atoms with E-state index in [1.807, 2.05) is 24.3 Å². The number of nitrogens with zero attached hydrogens (tertiary/aromatic N) is 2. The van der Waals surface area contributed by atoms with Crippen molar-refractivity contribution in [1.82, 2.24) is 9.88 Å². The molecular weight excluding hydrogens is 236 g/mol. The maximum atomic E-state index is 5.74. The van der Waals surface area contributed by atoms with E-state index in [2.05, 4.69) is 22.0 Å². The van der Waals surface area contributed by atoms with Gasteiger partial charge in [-0.1, -0.05) is 18.2 Å². The average molecular weight is 256 g/mol. The highest BCUT2D eigenvalue weighted by molar-refractivity contribution is 5.78. The summed E-state index contributed by atoms with van der Waals surface area (Å²) in [6.07, 6.45) is 3.79. The number of pyridine rings is 1. The molecule has 2 heterocycles. The maximum Gasteiger partial charge on any atom is 0.213 e. The summed E-state index contributed by atoms with van der Waals surface area (Å²) in [6, 6.07) is 12.1. The van der Waals surface area contributed by atoms with E-state index >= 15 is 0 Å². The van der Waals surface area contributed by atoms with Crippen LogP contribution in [0.3, 0.4) is 0 Å². The number of ether oxygens (including phenoxy) is 1. The van der Waals surface area contributed by atoms with Gasteiger partial charge in [0.2, 0.25) is 5.88 Å². The first-order valence-corrected chi connectivity index (χ1v) is 7.13. The molecule has 1 aromatic carbocycles. The molecule has 1 fully saturated rings. The molecule has 0 N–H and O–H groups in total. The summed E-state index contributed by atoms with van der Waals surface area (Å²) in [5.41, 5.74) is 1.000.